The number of halogens is 4. The molecule has 1 amide bonds. The number of aliphatic carboxylic acids is 1. The number of carboxylic acid groups (broad SMARTS) is 1. The fourth-order valence-electron chi connectivity index (χ4n) is 4.66. The zero-order chi connectivity index (χ0) is 26.6. The molecule has 0 atom stereocenters. The Morgan fingerprint density at radius 1 is 1.00 bits per heavy atom. The first-order chi connectivity index (χ1) is 17.6. The van der Waals surface area contributed by atoms with Crippen LogP contribution in [0.4, 0.5) is 23.2 Å². The fourth-order valence-corrected chi connectivity index (χ4v) is 4.66. The number of hydrogen-bond acceptors (Lipinski definition) is 4. The van der Waals surface area contributed by atoms with E-state index in [0.717, 1.165) is 35.3 Å². The predicted molar refractivity (Wildman–Crippen MR) is 128 cm³/mol. The van der Waals surface area contributed by atoms with Crippen LogP contribution >= 0.6 is 0 Å². The zero-order valence-corrected chi connectivity index (χ0v) is 19.7. The minimum absolute atomic E-state index is 0.0628. The predicted octanol–water partition coefficient (Wildman–Crippen LogP) is 5.16. The van der Waals surface area contributed by atoms with E-state index in [4.69, 9.17) is 14.6 Å². The van der Waals surface area contributed by atoms with Gasteiger partial charge in [0.05, 0.1) is 6.42 Å². The van der Waals surface area contributed by atoms with Gasteiger partial charge in [-0.05, 0) is 65.9 Å². The van der Waals surface area contributed by atoms with Crippen molar-refractivity contribution in [2.45, 2.75) is 30.9 Å². The first-order valence-electron chi connectivity index (χ1n) is 11.6. The summed E-state index contributed by atoms with van der Waals surface area (Å²) in [6, 6.07) is 18.4. The second-order valence-electron chi connectivity index (χ2n) is 8.91. The van der Waals surface area contributed by atoms with Gasteiger partial charge in [-0.2, -0.15) is 13.2 Å². The van der Waals surface area contributed by atoms with Crippen LogP contribution in [0.1, 0.15) is 24.1 Å². The number of benzene rings is 2. The third-order valence-electron chi connectivity index (χ3n) is 6.55. The van der Waals surface area contributed by atoms with Crippen LogP contribution in [-0.2, 0) is 26.2 Å². The van der Waals surface area contributed by atoms with E-state index in [1.165, 1.54) is 17.7 Å². The maximum absolute atomic E-state index is 13.4. The van der Waals surface area contributed by atoms with Crippen molar-refractivity contribution in [3.05, 3.63) is 83.9 Å². The Kier molecular flexibility index (Phi) is 7.58. The van der Waals surface area contributed by atoms with Crippen LogP contribution in [0.15, 0.2) is 66.9 Å². The standard InChI is InChI=1S/C25H23FN2O2.C2HF3O2/c26-20-7-4-18(5-8-20)19-6-9-23-22(15-19)25(10-13-30-14-11-25)17-28(23)24(29)16-21-3-1-2-12-27-21;3-2(4,5)1(6)7/h1-9,12,15H,10-11,13-14,16-17H2;(H,6,7). The molecule has 1 N–H and O–H groups in total. The number of carboxylic acids is 1. The van der Waals surface area contributed by atoms with E-state index >= 15 is 0 Å². The molecule has 0 bridgehead atoms. The van der Waals surface area contributed by atoms with Crippen molar-refractivity contribution in [3.8, 4) is 11.1 Å². The largest absolute Gasteiger partial charge is 0.490 e. The van der Waals surface area contributed by atoms with E-state index in [1.807, 2.05) is 35.2 Å². The van der Waals surface area contributed by atoms with E-state index in [9.17, 15) is 22.4 Å². The third kappa shape index (κ3) is 5.96. The maximum atomic E-state index is 13.4. The van der Waals surface area contributed by atoms with Crippen molar-refractivity contribution < 1.29 is 37.0 Å². The Labute approximate surface area is 210 Å². The molecular weight excluding hydrogens is 492 g/mol. The fraction of sp³-hybridized carbons (Fsp3) is 0.296. The van der Waals surface area contributed by atoms with Crippen LogP contribution in [0.5, 0.6) is 0 Å². The molecule has 0 aliphatic carbocycles. The van der Waals surface area contributed by atoms with E-state index in [1.54, 1.807) is 18.3 Å². The molecule has 5 rings (SSSR count). The monoisotopic (exact) mass is 516 g/mol. The molecule has 2 aromatic carbocycles. The van der Waals surface area contributed by atoms with Crippen LogP contribution in [0.3, 0.4) is 0 Å². The lowest BCUT2D eigenvalue weighted by molar-refractivity contribution is -0.192. The molecule has 2 aliphatic rings. The molecule has 3 heterocycles. The number of carbonyl (C=O) groups is 2. The van der Waals surface area contributed by atoms with Gasteiger partial charge >= 0.3 is 12.1 Å². The molecule has 1 saturated heterocycles. The molecule has 0 saturated carbocycles. The number of anilines is 1. The van der Waals surface area contributed by atoms with E-state index in [2.05, 4.69) is 11.1 Å². The van der Waals surface area contributed by atoms with Crippen LogP contribution in [0, 0.1) is 5.82 Å². The number of amides is 1. The second-order valence-corrected chi connectivity index (χ2v) is 8.91. The highest BCUT2D eigenvalue weighted by molar-refractivity contribution is 5.98. The summed E-state index contributed by atoms with van der Waals surface area (Å²) in [4.78, 5) is 28.3. The van der Waals surface area contributed by atoms with Crippen LogP contribution in [-0.4, -0.2) is 47.9 Å². The molecule has 1 fully saturated rings. The van der Waals surface area contributed by atoms with Gasteiger partial charge in [-0.15, -0.1) is 0 Å². The summed E-state index contributed by atoms with van der Waals surface area (Å²) in [5.74, 6) is -2.94. The van der Waals surface area contributed by atoms with E-state index in [0.29, 0.717) is 19.8 Å². The second kappa shape index (κ2) is 10.7. The SMILES string of the molecule is O=C(Cc1ccccn1)N1CC2(CCOCC2)c2cc(-c3ccc(F)cc3)ccc21.O=C(O)C(F)(F)F. The van der Waals surface area contributed by atoms with Gasteiger partial charge < -0.3 is 14.7 Å². The van der Waals surface area contributed by atoms with Gasteiger partial charge in [0, 0.05) is 42.8 Å². The highest BCUT2D eigenvalue weighted by Gasteiger charge is 2.45. The Hall–Kier alpha value is -3.79. The molecule has 6 nitrogen and oxygen atoms in total. The van der Waals surface area contributed by atoms with Gasteiger partial charge in [-0.3, -0.25) is 9.78 Å². The van der Waals surface area contributed by atoms with Crippen molar-refractivity contribution in [2.24, 2.45) is 0 Å². The summed E-state index contributed by atoms with van der Waals surface area (Å²) >= 11 is 0. The lowest BCUT2D eigenvalue weighted by atomic mass is 9.75. The van der Waals surface area contributed by atoms with Crippen molar-refractivity contribution in [1.82, 2.24) is 4.98 Å². The van der Waals surface area contributed by atoms with E-state index in [-0.39, 0.29) is 23.6 Å². The number of ether oxygens (including phenoxy) is 1. The molecule has 0 unspecified atom stereocenters. The number of nitrogens with zero attached hydrogens (tertiary/aromatic N) is 2. The maximum Gasteiger partial charge on any atom is 0.490 e. The van der Waals surface area contributed by atoms with Crippen molar-refractivity contribution in [3.63, 3.8) is 0 Å². The average Bonchev–Trinajstić information content (AvgIpc) is 3.18. The number of fused-ring (bicyclic) bond motifs is 2. The lowest BCUT2D eigenvalue weighted by Crippen LogP contribution is -2.41. The number of carbonyl (C=O) groups excluding carboxylic acids is 1. The molecule has 0 radical (unpaired) electrons. The minimum atomic E-state index is -5.08. The van der Waals surface area contributed by atoms with Gasteiger partial charge in [-0.1, -0.05) is 24.3 Å². The van der Waals surface area contributed by atoms with Gasteiger partial charge in [0.2, 0.25) is 5.91 Å². The van der Waals surface area contributed by atoms with Gasteiger partial charge in [0.25, 0.3) is 0 Å². The molecule has 1 aromatic heterocycles. The van der Waals surface area contributed by atoms with Crippen LogP contribution < -0.4 is 4.90 Å². The number of rotatable bonds is 3. The Morgan fingerprint density at radius 2 is 1.65 bits per heavy atom. The normalized spacial score (nSPS) is 16.1. The Bertz CT molecular complexity index is 1260. The summed E-state index contributed by atoms with van der Waals surface area (Å²) in [6.45, 7) is 2.06. The molecule has 37 heavy (non-hydrogen) atoms. The molecule has 194 valence electrons. The third-order valence-corrected chi connectivity index (χ3v) is 6.55. The Balaban J connectivity index is 0.000000405. The topological polar surface area (TPSA) is 79.7 Å². The smallest absolute Gasteiger partial charge is 0.475 e. The Morgan fingerprint density at radius 3 is 2.24 bits per heavy atom. The first kappa shape index (κ1) is 26.3. The summed E-state index contributed by atoms with van der Waals surface area (Å²) < 4.78 is 50.7. The quantitative estimate of drug-likeness (QED) is 0.487. The van der Waals surface area contributed by atoms with Crippen molar-refractivity contribution in [1.29, 1.82) is 0 Å². The highest BCUT2D eigenvalue weighted by atomic mass is 19.4. The van der Waals surface area contributed by atoms with Crippen molar-refractivity contribution >= 4 is 17.6 Å². The summed E-state index contributed by atoms with van der Waals surface area (Å²) in [7, 11) is 0. The average molecular weight is 516 g/mol. The molecular formula is C27H24F4N2O4. The van der Waals surface area contributed by atoms with Crippen LogP contribution in [0.25, 0.3) is 11.1 Å². The summed E-state index contributed by atoms with van der Waals surface area (Å²) in [5, 5.41) is 7.12. The molecule has 10 heteroatoms. The van der Waals surface area contributed by atoms with Crippen LogP contribution in [0.2, 0.25) is 0 Å². The van der Waals surface area contributed by atoms with E-state index < -0.39 is 12.1 Å². The number of pyridine rings is 1. The summed E-state index contributed by atoms with van der Waals surface area (Å²) in [6.07, 6.45) is -1.30. The van der Waals surface area contributed by atoms with Gasteiger partial charge in [-0.25, -0.2) is 9.18 Å². The number of aromatic nitrogens is 1. The number of hydrogen-bond donors (Lipinski definition) is 1. The number of alkyl halides is 3. The molecule has 3 aromatic rings. The van der Waals surface area contributed by atoms with Crippen molar-refractivity contribution in [2.75, 3.05) is 24.7 Å². The summed E-state index contributed by atoms with van der Waals surface area (Å²) in [5.41, 5.74) is 4.87. The molecule has 1 spiro atoms. The first-order valence-corrected chi connectivity index (χ1v) is 11.6. The lowest BCUT2D eigenvalue weighted by Gasteiger charge is -2.34. The highest BCUT2D eigenvalue weighted by Crippen LogP contribution is 2.48. The van der Waals surface area contributed by atoms with Gasteiger partial charge in [0.1, 0.15) is 5.82 Å². The zero-order valence-electron chi connectivity index (χ0n) is 19.7. The minimum Gasteiger partial charge on any atom is -0.475 e. The molecule has 2 aliphatic heterocycles. The van der Waals surface area contributed by atoms with Gasteiger partial charge in [0.15, 0.2) is 0 Å².